The van der Waals surface area contributed by atoms with Gasteiger partial charge in [-0.1, -0.05) is 12.1 Å². The molecule has 1 unspecified atom stereocenters. The zero-order valence-corrected chi connectivity index (χ0v) is 17.4. The molecular formula is C20H24Cl2N4S. The largest absolute Gasteiger partial charge is 0.383 e. The van der Waals surface area contributed by atoms with E-state index in [-0.39, 0.29) is 24.8 Å². The normalized spacial score (nSPS) is 24.4. The standard InChI is InChI=1S/C20H22N4S.2ClH/c21-20(19-2-1-9-25-19)23-14-3-4-15-16(11-22-18(15)10-14)17-12-24-7-5-13(17)6-8-24;;/h1-4,9-11,13,17,22H,5-8,12H2,(H2,21,23);2*1H. The van der Waals surface area contributed by atoms with Crippen LogP contribution in [0.2, 0.25) is 0 Å². The van der Waals surface area contributed by atoms with Crippen LogP contribution < -0.4 is 5.73 Å². The molecule has 3 fully saturated rings. The van der Waals surface area contributed by atoms with E-state index in [4.69, 9.17) is 5.73 Å². The number of amidine groups is 1. The van der Waals surface area contributed by atoms with Crippen LogP contribution in [0.1, 0.15) is 29.2 Å². The zero-order valence-electron chi connectivity index (χ0n) is 14.9. The SMILES string of the molecule is Cl.Cl.NC(=Nc1ccc2c(C3CN4CCC3CC4)c[nH]c2c1)c1cccs1. The summed E-state index contributed by atoms with van der Waals surface area (Å²) in [5.74, 6) is 2.09. The minimum atomic E-state index is 0. The fourth-order valence-electron chi connectivity index (χ4n) is 4.45. The molecule has 4 nitrogen and oxygen atoms in total. The van der Waals surface area contributed by atoms with Crippen LogP contribution in [0.4, 0.5) is 5.69 Å². The number of hydrogen-bond donors (Lipinski definition) is 2. The maximum atomic E-state index is 6.12. The lowest BCUT2D eigenvalue weighted by molar-refractivity contribution is 0.0876. The summed E-state index contributed by atoms with van der Waals surface area (Å²) in [6, 6.07) is 10.4. The highest BCUT2D eigenvalue weighted by atomic mass is 35.5. The number of halogens is 2. The lowest BCUT2D eigenvalue weighted by Crippen LogP contribution is -2.46. The minimum absolute atomic E-state index is 0. The number of piperidine rings is 3. The molecule has 3 aromatic rings. The molecule has 5 heterocycles. The Hall–Kier alpha value is -1.53. The van der Waals surface area contributed by atoms with Crippen LogP contribution in [0.5, 0.6) is 0 Å². The Morgan fingerprint density at radius 3 is 2.67 bits per heavy atom. The van der Waals surface area contributed by atoms with E-state index in [9.17, 15) is 0 Å². The lowest BCUT2D eigenvalue weighted by Gasteiger charge is -2.44. The molecule has 7 heteroatoms. The van der Waals surface area contributed by atoms with E-state index >= 15 is 0 Å². The highest BCUT2D eigenvalue weighted by Crippen LogP contribution is 2.41. The highest BCUT2D eigenvalue weighted by Gasteiger charge is 2.35. The van der Waals surface area contributed by atoms with Gasteiger partial charge in [0.25, 0.3) is 0 Å². The quantitative estimate of drug-likeness (QED) is 0.464. The predicted octanol–water partition coefficient (Wildman–Crippen LogP) is 4.92. The fourth-order valence-corrected chi connectivity index (χ4v) is 5.08. The topological polar surface area (TPSA) is 57.4 Å². The molecule has 1 aromatic carbocycles. The summed E-state index contributed by atoms with van der Waals surface area (Å²) < 4.78 is 0. The van der Waals surface area contributed by atoms with Crippen molar-refractivity contribution in [3.8, 4) is 0 Å². The Bertz CT molecular complexity index is 927. The maximum Gasteiger partial charge on any atom is 0.141 e. The molecule has 2 bridgehead atoms. The Morgan fingerprint density at radius 1 is 1.19 bits per heavy atom. The summed E-state index contributed by atoms with van der Waals surface area (Å²) in [5, 5.41) is 3.36. The average Bonchev–Trinajstić information content (AvgIpc) is 3.32. The first-order valence-corrected chi connectivity index (χ1v) is 9.87. The van der Waals surface area contributed by atoms with Gasteiger partial charge in [0.05, 0.1) is 10.6 Å². The van der Waals surface area contributed by atoms with Crippen molar-refractivity contribution < 1.29 is 0 Å². The monoisotopic (exact) mass is 422 g/mol. The van der Waals surface area contributed by atoms with Gasteiger partial charge in [-0.3, -0.25) is 0 Å². The number of nitrogens with one attached hydrogen (secondary N) is 1. The lowest BCUT2D eigenvalue weighted by atomic mass is 9.75. The summed E-state index contributed by atoms with van der Waals surface area (Å²) in [6.45, 7) is 3.78. The molecule has 1 atom stereocenters. The summed E-state index contributed by atoms with van der Waals surface area (Å²) in [5.41, 5.74) is 9.66. The van der Waals surface area contributed by atoms with Gasteiger partial charge in [0.15, 0.2) is 0 Å². The van der Waals surface area contributed by atoms with E-state index in [1.807, 2.05) is 17.5 Å². The summed E-state index contributed by atoms with van der Waals surface area (Å²) in [6.07, 6.45) is 4.90. The number of fused-ring (bicyclic) bond motifs is 4. The van der Waals surface area contributed by atoms with Crippen LogP contribution in [0.3, 0.4) is 0 Å². The van der Waals surface area contributed by atoms with Crippen LogP contribution in [0.25, 0.3) is 10.9 Å². The second-order valence-corrected chi connectivity index (χ2v) is 8.14. The van der Waals surface area contributed by atoms with Gasteiger partial charge in [-0.2, -0.15) is 0 Å². The Kier molecular flexibility index (Phi) is 6.16. The molecule has 0 amide bonds. The van der Waals surface area contributed by atoms with Crippen molar-refractivity contribution in [2.45, 2.75) is 18.8 Å². The van der Waals surface area contributed by atoms with Gasteiger partial charge in [0, 0.05) is 29.6 Å². The first kappa shape index (κ1) is 20.2. The number of aromatic amines is 1. The van der Waals surface area contributed by atoms with Crippen LogP contribution in [0.15, 0.2) is 46.9 Å². The van der Waals surface area contributed by atoms with Crippen molar-refractivity contribution >= 4 is 58.6 Å². The van der Waals surface area contributed by atoms with E-state index in [2.05, 4.69) is 39.3 Å². The van der Waals surface area contributed by atoms with E-state index in [1.165, 1.54) is 43.4 Å². The van der Waals surface area contributed by atoms with Crippen LogP contribution in [-0.4, -0.2) is 35.4 Å². The van der Waals surface area contributed by atoms with Crippen molar-refractivity contribution in [2.24, 2.45) is 16.6 Å². The van der Waals surface area contributed by atoms with Crippen molar-refractivity contribution in [3.63, 3.8) is 0 Å². The van der Waals surface area contributed by atoms with Gasteiger partial charge in [-0.05, 0) is 61.0 Å². The number of benzene rings is 1. The molecule has 3 N–H and O–H groups in total. The Morgan fingerprint density at radius 2 is 2.00 bits per heavy atom. The first-order valence-electron chi connectivity index (χ1n) is 8.99. The third kappa shape index (κ3) is 3.74. The fraction of sp³-hybridized carbons (Fsp3) is 0.350. The molecule has 3 aliphatic rings. The Balaban J connectivity index is 0.00000105. The molecule has 0 radical (unpaired) electrons. The van der Waals surface area contributed by atoms with Crippen molar-refractivity contribution in [2.75, 3.05) is 19.6 Å². The molecule has 144 valence electrons. The second-order valence-electron chi connectivity index (χ2n) is 7.19. The van der Waals surface area contributed by atoms with E-state index in [0.29, 0.717) is 11.8 Å². The van der Waals surface area contributed by atoms with Crippen molar-refractivity contribution in [1.82, 2.24) is 9.88 Å². The third-order valence-electron chi connectivity index (χ3n) is 5.78. The molecule has 2 aromatic heterocycles. The van der Waals surface area contributed by atoms with E-state index < -0.39 is 0 Å². The third-order valence-corrected chi connectivity index (χ3v) is 6.67. The van der Waals surface area contributed by atoms with Crippen LogP contribution >= 0.6 is 36.2 Å². The van der Waals surface area contributed by atoms with E-state index in [1.54, 1.807) is 11.3 Å². The number of aliphatic imine (C=N–C) groups is 1. The summed E-state index contributed by atoms with van der Waals surface area (Å²) in [4.78, 5) is 11.7. The van der Waals surface area contributed by atoms with Gasteiger partial charge in [-0.15, -0.1) is 36.2 Å². The van der Waals surface area contributed by atoms with E-state index in [0.717, 1.165) is 22.0 Å². The van der Waals surface area contributed by atoms with Gasteiger partial charge >= 0.3 is 0 Å². The molecule has 0 aliphatic carbocycles. The zero-order chi connectivity index (χ0) is 16.8. The smallest absolute Gasteiger partial charge is 0.141 e. The minimum Gasteiger partial charge on any atom is -0.383 e. The van der Waals surface area contributed by atoms with Gasteiger partial charge < -0.3 is 15.6 Å². The number of nitrogens with two attached hydrogens (primary N) is 1. The number of aromatic nitrogens is 1. The molecule has 27 heavy (non-hydrogen) atoms. The van der Waals surface area contributed by atoms with Crippen LogP contribution in [-0.2, 0) is 0 Å². The maximum absolute atomic E-state index is 6.12. The number of nitrogens with zero attached hydrogens (tertiary/aromatic N) is 2. The molecular weight excluding hydrogens is 399 g/mol. The molecule has 0 saturated carbocycles. The second kappa shape index (κ2) is 8.23. The van der Waals surface area contributed by atoms with Crippen LogP contribution in [0, 0.1) is 5.92 Å². The summed E-state index contributed by atoms with van der Waals surface area (Å²) in [7, 11) is 0. The number of H-pyrrole nitrogens is 1. The van der Waals surface area contributed by atoms with Gasteiger partial charge in [0.2, 0.25) is 0 Å². The highest BCUT2D eigenvalue weighted by molar-refractivity contribution is 7.12. The predicted molar refractivity (Wildman–Crippen MR) is 119 cm³/mol. The number of rotatable bonds is 3. The molecule has 3 aliphatic heterocycles. The van der Waals surface area contributed by atoms with Gasteiger partial charge in [-0.25, -0.2) is 4.99 Å². The number of hydrogen-bond acceptors (Lipinski definition) is 3. The number of thiophene rings is 1. The summed E-state index contributed by atoms with van der Waals surface area (Å²) >= 11 is 1.62. The first-order chi connectivity index (χ1) is 12.3. The average molecular weight is 423 g/mol. The van der Waals surface area contributed by atoms with Gasteiger partial charge in [0.1, 0.15) is 5.84 Å². The Labute approximate surface area is 175 Å². The molecule has 0 spiro atoms. The molecule has 6 rings (SSSR count). The molecule has 3 saturated heterocycles. The van der Waals surface area contributed by atoms with Crippen molar-refractivity contribution in [3.05, 3.63) is 52.3 Å². The van der Waals surface area contributed by atoms with Crippen molar-refractivity contribution in [1.29, 1.82) is 0 Å².